The number of benzene rings is 3. The minimum absolute atomic E-state index is 0.0280. The Hall–Kier alpha value is -4.97. The first kappa shape index (κ1) is 31.6. The van der Waals surface area contributed by atoms with E-state index in [2.05, 4.69) is 15.6 Å². The van der Waals surface area contributed by atoms with Crippen molar-refractivity contribution in [2.24, 2.45) is 0 Å². The Morgan fingerprint density at radius 3 is 2.62 bits per heavy atom. The van der Waals surface area contributed by atoms with E-state index in [4.69, 9.17) is 0 Å². The van der Waals surface area contributed by atoms with Crippen molar-refractivity contribution in [3.8, 4) is 11.3 Å². The molecule has 7 rings (SSSR count). The summed E-state index contributed by atoms with van der Waals surface area (Å²) < 4.78 is 14.3. The van der Waals surface area contributed by atoms with E-state index in [-0.39, 0.29) is 30.0 Å². The number of aromatic nitrogens is 1. The molecule has 3 aliphatic heterocycles. The van der Waals surface area contributed by atoms with Crippen LogP contribution in [0.5, 0.6) is 0 Å². The number of amides is 5. The minimum Gasteiger partial charge on any atom is -0.354 e. The first-order valence-corrected chi connectivity index (χ1v) is 17.0. The highest BCUT2D eigenvalue weighted by atomic mass is 32.2. The van der Waals surface area contributed by atoms with Crippen LogP contribution in [0.1, 0.15) is 63.1 Å². The third-order valence-electron chi connectivity index (χ3n) is 9.29. The van der Waals surface area contributed by atoms with Crippen LogP contribution < -0.4 is 10.6 Å². The molecule has 4 heterocycles. The summed E-state index contributed by atoms with van der Waals surface area (Å²) in [5.74, 6) is -0.958. The van der Waals surface area contributed by atoms with Crippen molar-refractivity contribution in [3.05, 3.63) is 88.2 Å². The van der Waals surface area contributed by atoms with Crippen molar-refractivity contribution in [2.75, 3.05) is 19.3 Å². The van der Waals surface area contributed by atoms with Crippen LogP contribution in [0, 0.1) is 5.82 Å². The predicted molar refractivity (Wildman–Crippen MR) is 179 cm³/mol. The van der Waals surface area contributed by atoms with Gasteiger partial charge in [0, 0.05) is 66.6 Å². The van der Waals surface area contributed by atoms with Gasteiger partial charge >= 0.3 is 0 Å². The summed E-state index contributed by atoms with van der Waals surface area (Å²) in [7, 11) is 1.79. The first-order valence-electron chi connectivity index (χ1n) is 16.0. The molecule has 48 heavy (non-hydrogen) atoms. The number of piperidine rings is 1. The number of aromatic amines is 1. The van der Waals surface area contributed by atoms with Gasteiger partial charge in [-0.15, -0.1) is 11.8 Å². The van der Waals surface area contributed by atoms with Gasteiger partial charge in [0.25, 0.3) is 11.8 Å². The third-order valence-corrected chi connectivity index (χ3v) is 10.5. The molecule has 10 nitrogen and oxygen atoms in total. The summed E-state index contributed by atoms with van der Waals surface area (Å²) in [6, 6.07) is 15.5. The molecular formula is C36H34FN5O5S. The molecule has 1 fully saturated rings. The summed E-state index contributed by atoms with van der Waals surface area (Å²) in [6.07, 6.45) is 2.20. The quantitative estimate of drug-likeness (QED) is 0.136. The lowest BCUT2D eigenvalue weighted by Crippen LogP contribution is -2.52. The van der Waals surface area contributed by atoms with E-state index in [1.807, 2.05) is 36.4 Å². The maximum atomic E-state index is 14.3. The molecule has 4 aromatic rings. The monoisotopic (exact) mass is 667 g/mol. The van der Waals surface area contributed by atoms with Crippen LogP contribution in [0.3, 0.4) is 0 Å². The molecule has 0 radical (unpaired) electrons. The number of imide groups is 1. The van der Waals surface area contributed by atoms with E-state index in [1.54, 1.807) is 34.7 Å². The van der Waals surface area contributed by atoms with Gasteiger partial charge in [0.1, 0.15) is 11.9 Å². The van der Waals surface area contributed by atoms with Crippen molar-refractivity contribution in [1.29, 1.82) is 0 Å². The Balaban J connectivity index is 0.936. The second kappa shape index (κ2) is 12.9. The topological polar surface area (TPSA) is 132 Å². The highest BCUT2D eigenvalue weighted by Crippen LogP contribution is 2.36. The number of rotatable bonds is 9. The highest BCUT2D eigenvalue weighted by molar-refractivity contribution is 7.99. The number of nitrogens with zero attached hydrogens (tertiary/aromatic N) is 2. The molecular weight excluding hydrogens is 633 g/mol. The fraction of sp³-hybridized carbons (Fsp3) is 0.306. The zero-order valence-corrected chi connectivity index (χ0v) is 27.2. The zero-order valence-electron chi connectivity index (χ0n) is 26.4. The van der Waals surface area contributed by atoms with Crippen LogP contribution in [-0.4, -0.2) is 69.7 Å². The van der Waals surface area contributed by atoms with E-state index in [9.17, 15) is 28.4 Å². The summed E-state index contributed by atoms with van der Waals surface area (Å²) in [6.45, 7) is 1.24. The molecule has 0 aliphatic carbocycles. The summed E-state index contributed by atoms with van der Waals surface area (Å²) in [5, 5.41) is 5.94. The molecule has 5 amide bonds. The summed E-state index contributed by atoms with van der Waals surface area (Å²) >= 11 is 1.60. The number of hydrogen-bond donors (Lipinski definition) is 3. The van der Waals surface area contributed by atoms with Crippen molar-refractivity contribution in [1.82, 2.24) is 25.4 Å². The van der Waals surface area contributed by atoms with E-state index in [1.165, 1.54) is 12.1 Å². The number of thioether (sulfide) groups is 1. The molecule has 3 aromatic carbocycles. The lowest BCUT2D eigenvalue weighted by atomic mass is 9.99. The van der Waals surface area contributed by atoms with Crippen molar-refractivity contribution >= 4 is 52.2 Å². The maximum absolute atomic E-state index is 14.3. The van der Waals surface area contributed by atoms with Crippen molar-refractivity contribution in [2.45, 2.75) is 56.1 Å². The first-order chi connectivity index (χ1) is 23.2. The lowest BCUT2D eigenvalue weighted by Gasteiger charge is -2.29. The smallest absolute Gasteiger partial charge is 0.255 e. The molecule has 1 unspecified atom stereocenters. The van der Waals surface area contributed by atoms with E-state index in [0.717, 1.165) is 38.2 Å². The van der Waals surface area contributed by atoms with Gasteiger partial charge in [-0.3, -0.25) is 29.3 Å². The Bertz CT molecular complexity index is 1990. The van der Waals surface area contributed by atoms with E-state index < -0.39 is 17.8 Å². The molecule has 1 aromatic heterocycles. The van der Waals surface area contributed by atoms with Gasteiger partial charge in [-0.25, -0.2) is 4.39 Å². The molecule has 1 atom stereocenters. The number of carbonyl (C=O) groups is 5. The number of carbonyl (C=O) groups excluding carboxylic acids is 5. The fourth-order valence-corrected chi connectivity index (χ4v) is 7.90. The molecule has 0 bridgehead atoms. The second-order valence-electron chi connectivity index (χ2n) is 12.4. The van der Waals surface area contributed by atoms with Gasteiger partial charge in [-0.2, -0.15) is 0 Å². The number of hydrogen-bond acceptors (Lipinski definition) is 6. The minimum atomic E-state index is -0.654. The molecule has 246 valence electrons. The standard InChI is InChI=1S/C36H34FN5O5S/c1-41(18-20-7-9-21(10-8-20)33-24-13-14-38-34(45)25-16-22(37)17-27(39-33)32(24)25)31(44)6-3-15-48-29-5-2-4-23-26(29)19-42(36(23)47)28-11-12-30(43)40-35(28)46/h2,4-5,7-10,16-17,28,39H,3,6,11-15,18-19H2,1H3,(H,38,45)(H,40,43,46). The number of halogens is 1. The lowest BCUT2D eigenvalue weighted by molar-refractivity contribution is -0.137. The zero-order chi connectivity index (χ0) is 33.5. The molecule has 0 spiro atoms. The fourth-order valence-electron chi connectivity index (χ4n) is 6.87. The van der Waals surface area contributed by atoms with E-state index in [0.29, 0.717) is 67.7 Å². The van der Waals surface area contributed by atoms with Gasteiger partial charge < -0.3 is 20.1 Å². The largest absolute Gasteiger partial charge is 0.354 e. The Morgan fingerprint density at radius 2 is 1.83 bits per heavy atom. The van der Waals surface area contributed by atoms with Gasteiger partial charge in [0.2, 0.25) is 17.7 Å². The summed E-state index contributed by atoms with van der Waals surface area (Å²) in [4.78, 5) is 70.1. The van der Waals surface area contributed by atoms with Gasteiger partial charge in [0.05, 0.1) is 5.56 Å². The highest BCUT2D eigenvalue weighted by Gasteiger charge is 2.39. The normalized spacial score (nSPS) is 17.3. The van der Waals surface area contributed by atoms with Crippen LogP contribution in [0.15, 0.2) is 59.5 Å². The van der Waals surface area contributed by atoms with Crippen LogP contribution in [0.2, 0.25) is 0 Å². The van der Waals surface area contributed by atoms with Gasteiger partial charge in [0.15, 0.2) is 0 Å². The molecule has 3 N–H and O–H groups in total. The third kappa shape index (κ3) is 5.96. The van der Waals surface area contributed by atoms with Gasteiger partial charge in [-0.05, 0) is 71.5 Å². The van der Waals surface area contributed by atoms with Crippen molar-refractivity contribution in [3.63, 3.8) is 0 Å². The Kier molecular flexibility index (Phi) is 8.50. The van der Waals surface area contributed by atoms with Crippen LogP contribution in [0.25, 0.3) is 22.2 Å². The number of H-pyrrole nitrogens is 1. The predicted octanol–water partition coefficient (Wildman–Crippen LogP) is 4.55. The maximum Gasteiger partial charge on any atom is 0.255 e. The second-order valence-corrected chi connectivity index (χ2v) is 13.6. The molecule has 3 aliphatic rings. The summed E-state index contributed by atoms with van der Waals surface area (Å²) in [5.41, 5.74) is 6.14. The molecule has 1 saturated heterocycles. The SMILES string of the molecule is CN(Cc1ccc(-c2[nH]c3cc(F)cc4c3c2CCNC4=O)cc1)C(=O)CCCSc1cccc2c1CN(C1CCC(=O)NC1=O)C2=O. The van der Waals surface area contributed by atoms with E-state index >= 15 is 0 Å². The average molecular weight is 668 g/mol. The Morgan fingerprint density at radius 1 is 1.02 bits per heavy atom. The number of nitrogens with one attached hydrogen (secondary N) is 3. The van der Waals surface area contributed by atoms with Crippen LogP contribution >= 0.6 is 11.8 Å². The molecule has 12 heteroatoms. The van der Waals surface area contributed by atoms with Gasteiger partial charge in [-0.1, -0.05) is 30.3 Å². The Labute approximate surface area is 280 Å². The van der Waals surface area contributed by atoms with Crippen LogP contribution in [0.4, 0.5) is 4.39 Å². The number of fused-ring (bicyclic) bond motifs is 1. The van der Waals surface area contributed by atoms with Crippen LogP contribution in [-0.2, 0) is 33.9 Å². The molecule has 0 saturated carbocycles. The average Bonchev–Trinajstić information content (AvgIpc) is 3.54. The van der Waals surface area contributed by atoms with Crippen molar-refractivity contribution < 1.29 is 28.4 Å².